The minimum absolute atomic E-state index is 0.147. The van der Waals surface area contributed by atoms with Crippen LogP contribution in [0.25, 0.3) is 0 Å². The van der Waals surface area contributed by atoms with E-state index in [1.807, 2.05) is 0 Å². The van der Waals surface area contributed by atoms with Crippen molar-refractivity contribution < 1.29 is 8.42 Å². The maximum absolute atomic E-state index is 11.7. The molecular weight excluding hydrogens is 216 g/mol. The predicted molar refractivity (Wildman–Crippen MR) is 56.7 cm³/mol. The fraction of sp³-hybridized carbons (Fsp3) is 0.625. The van der Waals surface area contributed by atoms with Crippen LogP contribution in [0.1, 0.15) is 13.8 Å². The summed E-state index contributed by atoms with van der Waals surface area (Å²) in [6.45, 7) is 3.68. The van der Waals surface area contributed by atoms with Gasteiger partial charge in [0.1, 0.15) is 4.90 Å². The van der Waals surface area contributed by atoms with Crippen LogP contribution in [0.15, 0.2) is 17.3 Å². The van der Waals surface area contributed by atoms with E-state index in [2.05, 4.69) is 9.82 Å². The van der Waals surface area contributed by atoms with E-state index in [1.54, 1.807) is 20.9 Å². The monoisotopic (exact) mass is 232 g/mol. The first-order valence-electron chi connectivity index (χ1n) is 4.48. The van der Waals surface area contributed by atoms with Crippen LogP contribution < -0.4 is 10.5 Å². The maximum atomic E-state index is 11.7. The molecule has 1 aromatic heterocycles. The molecule has 0 saturated carbocycles. The minimum atomic E-state index is -3.49. The van der Waals surface area contributed by atoms with Crippen LogP contribution in [0.5, 0.6) is 0 Å². The van der Waals surface area contributed by atoms with Gasteiger partial charge in [-0.15, -0.1) is 0 Å². The molecule has 0 radical (unpaired) electrons. The molecule has 0 aromatic carbocycles. The Morgan fingerprint density at radius 2 is 2.20 bits per heavy atom. The molecule has 0 aliphatic carbocycles. The summed E-state index contributed by atoms with van der Waals surface area (Å²) in [7, 11) is -1.83. The average molecular weight is 232 g/mol. The van der Waals surface area contributed by atoms with E-state index in [9.17, 15) is 8.42 Å². The molecular formula is C8H16N4O2S. The highest BCUT2D eigenvalue weighted by Crippen LogP contribution is 2.06. The van der Waals surface area contributed by atoms with Crippen molar-refractivity contribution in [3.63, 3.8) is 0 Å². The standard InChI is InChI=1S/C8H16N4O2S/c1-8(2,9)6-11-15(13,14)7-4-10-12(3)5-7/h4-5,11H,6,9H2,1-3H3. The van der Waals surface area contributed by atoms with Gasteiger partial charge < -0.3 is 5.73 Å². The molecule has 0 aliphatic rings. The Kier molecular flexibility index (Phi) is 3.17. The molecule has 1 aromatic rings. The van der Waals surface area contributed by atoms with Crippen LogP contribution >= 0.6 is 0 Å². The largest absolute Gasteiger partial charge is 0.324 e. The molecule has 0 saturated heterocycles. The van der Waals surface area contributed by atoms with Gasteiger partial charge in [-0.25, -0.2) is 13.1 Å². The number of sulfonamides is 1. The fourth-order valence-electron chi connectivity index (χ4n) is 0.902. The number of nitrogens with one attached hydrogen (secondary N) is 1. The van der Waals surface area contributed by atoms with Crippen LogP contribution in [-0.4, -0.2) is 30.3 Å². The van der Waals surface area contributed by atoms with Gasteiger partial charge >= 0.3 is 0 Å². The third-order valence-corrected chi connectivity index (χ3v) is 3.07. The van der Waals surface area contributed by atoms with Gasteiger partial charge in [0.25, 0.3) is 0 Å². The van der Waals surface area contributed by atoms with E-state index in [0.717, 1.165) is 0 Å². The Balaban J connectivity index is 2.77. The first kappa shape index (κ1) is 12.2. The van der Waals surface area contributed by atoms with Gasteiger partial charge in [-0.1, -0.05) is 0 Å². The second-order valence-electron chi connectivity index (χ2n) is 4.16. The van der Waals surface area contributed by atoms with E-state index in [1.165, 1.54) is 17.1 Å². The molecule has 7 heteroatoms. The Morgan fingerprint density at radius 3 is 2.60 bits per heavy atom. The van der Waals surface area contributed by atoms with Crippen molar-refractivity contribution in [2.45, 2.75) is 24.3 Å². The number of aryl methyl sites for hydroxylation is 1. The SMILES string of the molecule is Cn1cc(S(=O)(=O)NCC(C)(C)N)cn1. The molecule has 0 amide bonds. The highest BCUT2D eigenvalue weighted by atomic mass is 32.2. The van der Waals surface area contributed by atoms with E-state index < -0.39 is 15.6 Å². The Hall–Kier alpha value is -0.920. The zero-order valence-corrected chi connectivity index (χ0v) is 9.87. The van der Waals surface area contributed by atoms with E-state index in [-0.39, 0.29) is 11.4 Å². The lowest BCUT2D eigenvalue weighted by atomic mass is 10.1. The number of nitrogens with zero attached hydrogens (tertiary/aromatic N) is 2. The third-order valence-electron chi connectivity index (χ3n) is 1.71. The Labute approximate surface area is 89.5 Å². The molecule has 0 atom stereocenters. The van der Waals surface area contributed by atoms with E-state index >= 15 is 0 Å². The summed E-state index contributed by atoms with van der Waals surface area (Å²) < 4.78 is 27.2. The molecule has 0 spiro atoms. The number of hydrogen-bond donors (Lipinski definition) is 2. The second-order valence-corrected chi connectivity index (χ2v) is 5.93. The normalized spacial score (nSPS) is 13.1. The van der Waals surface area contributed by atoms with Gasteiger partial charge in [-0.2, -0.15) is 5.10 Å². The van der Waals surface area contributed by atoms with Gasteiger partial charge in [0, 0.05) is 25.3 Å². The molecule has 6 nitrogen and oxygen atoms in total. The predicted octanol–water partition coefficient (Wildman–Crippen LogP) is -0.564. The summed E-state index contributed by atoms with van der Waals surface area (Å²) in [6.07, 6.45) is 2.73. The fourth-order valence-corrected chi connectivity index (χ4v) is 2.11. The highest BCUT2D eigenvalue weighted by Gasteiger charge is 2.19. The highest BCUT2D eigenvalue weighted by molar-refractivity contribution is 7.89. The van der Waals surface area contributed by atoms with Gasteiger partial charge in [0.15, 0.2) is 0 Å². The first-order chi connectivity index (χ1) is 6.71. The maximum Gasteiger partial charge on any atom is 0.243 e. The van der Waals surface area contributed by atoms with Gasteiger partial charge in [-0.05, 0) is 13.8 Å². The summed E-state index contributed by atoms with van der Waals surface area (Å²) in [5.74, 6) is 0. The van der Waals surface area contributed by atoms with Crippen molar-refractivity contribution in [2.75, 3.05) is 6.54 Å². The number of rotatable bonds is 4. The summed E-state index contributed by atoms with van der Waals surface area (Å²) in [6, 6.07) is 0. The first-order valence-corrected chi connectivity index (χ1v) is 5.96. The molecule has 0 fully saturated rings. The van der Waals surface area contributed by atoms with Crippen molar-refractivity contribution in [2.24, 2.45) is 12.8 Å². The summed E-state index contributed by atoms with van der Waals surface area (Å²) in [4.78, 5) is 0.147. The summed E-state index contributed by atoms with van der Waals surface area (Å²) >= 11 is 0. The van der Waals surface area contributed by atoms with Crippen LogP contribution in [-0.2, 0) is 17.1 Å². The van der Waals surface area contributed by atoms with Gasteiger partial charge in [0.05, 0.1) is 6.20 Å². The molecule has 0 unspecified atom stereocenters. The number of nitrogens with two attached hydrogens (primary N) is 1. The number of hydrogen-bond acceptors (Lipinski definition) is 4. The van der Waals surface area contributed by atoms with Crippen molar-refractivity contribution in [1.29, 1.82) is 0 Å². The van der Waals surface area contributed by atoms with Crippen molar-refractivity contribution in [3.05, 3.63) is 12.4 Å². The smallest absolute Gasteiger partial charge is 0.243 e. The minimum Gasteiger partial charge on any atom is -0.324 e. The molecule has 1 rings (SSSR count). The van der Waals surface area contributed by atoms with Gasteiger partial charge in [-0.3, -0.25) is 4.68 Å². The molecule has 1 heterocycles. The van der Waals surface area contributed by atoms with Crippen molar-refractivity contribution in [1.82, 2.24) is 14.5 Å². The lowest BCUT2D eigenvalue weighted by Crippen LogP contribution is -2.44. The van der Waals surface area contributed by atoms with Crippen LogP contribution in [0, 0.1) is 0 Å². The lowest BCUT2D eigenvalue weighted by molar-refractivity contribution is 0.498. The van der Waals surface area contributed by atoms with Crippen LogP contribution in [0.3, 0.4) is 0 Å². The molecule has 0 aliphatic heterocycles. The van der Waals surface area contributed by atoms with E-state index in [4.69, 9.17) is 5.73 Å². The molecule has 0 bridgehead atoms. The van der Waals surface area contributed by atoms with Crippen molar-refractivity contribution in [3.8, 4) is 0 Å². The zero-order chi connectivity index (χ0) is 11.7. The molecule has 86 valence electrons. The van der Waals surface area contributed by atoms with Crippen LogP contribution in [0.4, 0.5) is 0 Å². The quantitative estimate of drug-likeness (QED) is 0.728. The van der Waals surface area contributed by atoms with E-state index in [0.29, 0.717) is 0 Å². The third kappa shape index (κ3) is 3.61. The lowest BCUT2D eigenvalue weighted by Gasteiger charge is -2.18. The zero-order valence-electron chi connectivity index (χ0n) is 9.06. The molecule has 15 heavy (non-hydrogen) atoms. The van der Waals surface area contributed by atoms with Crippen LogP contribution in [0.2, 0.25) is 0 Å². The second kappa shape index (κ2) is 3.92. The Bertz CT molecular complexity index is 430. The topological polar surface area (TPSA) is 90.0 Å². The average Bonchev–Trinajstić information content (AvgIpc) is 2.48. The number of aromatic nitrogens is 2. The van der Waals surface area contributed by atoms with Crippen molar-refractivity contribution >= 4 is 10.0 Å². The van der Waals surface area contributed by atoms with Gasteiger partial charge in [0.2, 0.25) is 10.0 Å². The summed E-state index contributed by atoms with van der Waals surface area (Å²) in [5, 5.41) is 3.79. The molecule has 3 N–H and O–H groups in total. The Morgan fingerprint density at radius 1 is 1.60 bits per heavy atom. The summed E-state index contributed by atoms with van der Waals surface area (Å²) in [5.41, 5.74) is 5.10.